The van der Waals surface area contributed by atoms with Crippen LogP contribution in [-0.4, -0.2) is 42.5 Å². The van der Waals surface area contributed by atoms with Gasteiger partial charge < -0.3 is 10.4 Å². The van der Waals surface area contributed by atoms with Crippen molar-refractivity contribution < 1.29 is 19.5 Å². The van der Waals surface area contributed by atoms with E-state index in [1.165, 1.54) is 11.6 Å². The molecule has 2 aromatic heterocycles. The van der Waals surface area contributed by atoms with Crippen LogP contribution in [0.1, 0.15) is 36.1 Å². The predicted molar refractivity (Wildman–Crippen MR) is 111 cm³/mol. The first-order chi connectivity index (χ1) is 14.3. The number of rotatable bonds is 8. The molecule has 154 valence electrons. The summed E-state index contributed by atoms with van der Waals surface area (Å²) in [6.07, 6.45) is 5.63. The summed E-state index contributed by atoms with van der Waals surface area (Å²) in [4.78, 5) is 44.3. The quantitative estimate of drug-likeness (QED) is 0.434. The summed E-state index contributed by atoms with van der Waals surface area (Å²) in [5.41, 5.74) is 2.20. The van der Waals surface area contributed by atoms with E-state index in [4.69, 9.17) is 0 Å². The lowest BCUT2D eigenvalue weighted by Crippen LogP contribution is -2.14. The van der Waals surface area contributed by atoms with Crippen LogP contribution in [0.15, 0.2) is 37.2 Å². The minimum Gasteiger partial charge on any atom is -0.480 e. The Balaban J connectivity index is 2.24. The molecule has 0 spiro atoms. The van der Waals surface area contributed by atoms with Crippen LogP contribution in [0, 0.1) is 6.92 Å². The van der Waals surface area contributed by atoms with E-state index in [1.54, 1.807) is 37.5 Å². The van der Waals surface area contributed by atoms with Gasteiger partial charge in [0.1, 0.15) is 18.1 Å². The van der Waals surface area contributed by atoms with Crippen molar-refractivity contribution in [3.05, 3.63) is 48.7 Å². The SMILES string of the molecule is C=CCCC(=O)Nc1cc(-c2cnc(C)nc2)cc2c(C(C)=O)nn(CC(=O)O)c12. The number of carbonyl (C=O) groups is 3. The molecule has 0 radical (unpaired) electrons. The maximum atomic E-state index is 12.4. The number of nitrogens with zero attached hydrogens (tertiary/aromatic N) is 4. The second kappa shape index (κ2) is 8.64. The minimum atomic E-state index is -1.12. The first-order valence-electron chi connectivity index (χ1n) is 9.27. The zero-order chi connectivity index (χ0) is 21.8. The maximum absolute atomic E-state index is 12.4. The lowest BCUT2D eigenvalue weighted by atomic mass is 10.0. The summed E-state index contributed by atoms with van der Waals surface area (Å²) in [6, 6.07) is 3.43. The monoisotopic (exact) mass is 407 g/mol. The first-order valence-corrected chi connectivity index (χ1v) is 9.27. The molecule has 0 fully saturated rings. The van der Waals surface area contributed by atoms with Gasteiger partial charge in [0, 0.05) is 36.7 Å². The van der Waals surface area contributed by atoms with E-state index in [2.05, 4.69) is 27.0 Å². The van der Waals surface area contributed by atoms with Gasteiger partial charge >= 0.3 is 5.97 Å². The molecule has 0 aliphatic rings. The highest BCUT2D eigenvalue weighted by atomic mass is 16.4. The van der Waals surface area contributed by atoms with Crippen molar-refractivity contribution in [3.8, 4) is 11.1 Å². The highest BCUT2D eigenvalue weighted by Crippen LogP contribution is 2.33. The Morgan fingerprint density at radius 1 is 1.20 bits per heavy atom. The average molecular weight is 407 g/mol. The molecule has 0 unspecified atom stereocenters. The minimum absolute atomic E-state index is 0.128. The Kier molecular flexibility index (Phi) is 6.01. The van der Waals surface area contributed by atoms with E-state index >= 15 is 0 Å². The molecule has 1 aromatic carbocycles. The number of aliphatic carboxylic acids is 1. The number of aryl methyl sites for hydroxylation is 1. The summed E-state index contributed by atoms with van der Waals surface area (Å²) in [7, 11) is 0. The molecule has 9 heteroatoms. The van der Waals surface area contributed by atoms with Crippen molar-refractivity contribution >= 4 is 34.3 Å². The molecule has 30 heavy (non-hydrogen) atoms. The van der Waals surface area contributed by atoms with Gasteiger partial charge in [-0.15, -0.1) is 6.58 Å². The van der Waals surface area contributed by atoms with Crippen molar-refractivity contribution in [1.82, 2.24) is 19.7 Å². The number of anilines is 1. The summed E-state index contributed by atoms with van der Waals surface area (Å²) < 4.78 is 1.22. The van der Waals surface area contributed by atoms with Crippen molar-refractivity contribution in [2.24, 2.45) is 0 Å². The largest absolute Gasteiger partial charge is 0.480 e. The summed E-state index contributed by atoms with van der Waals surface area (Å²) in [6.45, 7) is 6.28. The Morgan fingerprint density at radius 2 is 1.90 bits per heavy atom. The lowest BCUT2D eigenvalue weighted by Gasteiger charge is -2.11. The number of aromatic nitrogens is 4. The van der Waals surface area contributed by atoms with Gasteiger partial charge in [-0.2, -0.15) is 5.10 Å². The molecule has 0 aliphatic heterocycles. The zero-order valence-electron chi connectivity index (χ0n) is 16.7. The van der Waals surface area contributed by atoms with Gasteiger partial charge in [-0.25, -0.2) is 9.97 Å². The Labute approximate surface area is 172 Å². The second-order valence-electron chi connectivity index (χ2n) is 6.77. The number of hydrogen-bond acceptors (Lipinski definition) is 6. The van der Waals surface area contributed by atoms with Gasteiger partial charge in [0.2, 0.25) is 5.91 Å². The van der Waals surface area contributed by atoms with Crippen LogP contribution in [0.25, 0.3) is 22.0 Å². The van der Waals surface area contributed by atoms with Gasteiger partial charge in [-0.1, -0.05) is 6.08 Å². The molecule has 0 saturated heterocycles. The number of carboxylic acid groups (broad SMARTS) is 1. The van der Waals surface area contributed by atoms with Gasteiger partial charge in [-0.05, 0) is 31.0 Å². The smallest absolute Gasteiger partial charge is 0.325 e. The van der Waals surface area contributed by atoms with Crippen LogP contribution in [0.2, 0.25) is 0 Å². The van der Waals surface area contributed by atoms with E-state index < -0.39 is 12.5 Å². The summed E-state index contributed by atoms with van der Waals surface area (Å²) in [5.74, 6) is -1.09. The standard InChI is InChI=1S/C21H21N5O4/c1-4-5-6-18(28)24-17-8-14(15-9-22-13(3)23-10-15)7-16-20(12(2)27)25-26(21(16)17)11-19(29)30/h4,7-10H,1,5-6,11H2,2-3H3,(H,24,28)(H,29,30). The van der Waals surface area contributed by atoms with E-state index in [1.807, 2.05) is 0 Å². The molecule has 9 nitrogen and oxygen atoms in total. The van der Waals surface area contributed by atoms with Gasteiger partial charge in [0.25, 0.3) is 0 Å². The third kappa shape index (κ3) is 4.40. The molecule has 0 aliphatic carbocycles. The number of nitrogens with one attached hydrogen (secondary N) is 1. The summed E-state index contributed by atoms with van der Waals surface area (Å²) in [5, 5.41) is 16.7. The van der Waals surface area contributed by atoms with E-state index in [0.717, 1.165) is 0 Å². The molecular formula is C21H21N5O4. The van der Waals surface area contributed by atoms with Crippen molar-refractivity contribution in [2.75, 3.05) is 5.32 Å². The first kappa shape index (κ1) is 20.8. The average Bonchev–Trinajstić information content (AvgIpc) is 3.05. The third-order valence-corrected chi connectivity index (χ3v) is 4.43. The topological polar surface area (TPSA) is 127 Å². The molecule has 3 rings (SSSR count). The van der Waals surface area contributed by atoms with Crippen LogP contribution in [-0.2, 0) is 16.1 Å². The Bertz CT molecular complexity index is 1150. The molecule has 3 aromatic rings. The molecule has 1 amide bonds. The second-order valence-corrected chi connectivity index (χ2v) is 6.77. The fourth-order valence-electron chi connectivity index (χ4n) is 3.07. The van der Waals surface area contributed by atoms with Gasteiger partial charge in [0.05, 0.1) is 11.2 Å². The van der Waals surface area contributed by atoms with Crippen LogP contribution >= 0.6 is 0 Å². The van der Waals surface area contributed by atoms with Gasteiger partial charge in [0.15, 0.2) is 5.78 Å². The Hall–Kier alpha value is -3.88. The molecule has 0 atom stereocenters. The zero-order valence-corrected chi connectivity index (χ0v) is 16.7. The van der Waals surface area contributed by atoms with Crippen LogP contribution in [0.4, 0.5) is 5.69 Å². The van der Waals surface area contributed by atoms with Crippen molar-refractivity contribution in [1.29, 1.82) is 0 Å². The molecule has 2 N–H and O–H groups in total. The van der Waals surface area contributed by atoms with E-state index in [-0.39, 0.29) is 23.8 Å². The lowest BCUT2D eigenvalue weighted by molar-refractivity contribution is -0.137. The highest BCUT2D eigenvalue weighted by molar-refractivity contribution is 6.11. The summed E-state index contributed by atoms with van der Waals surface area (Å²) >= 11 is 0. The highest BCUT2D eigenvalue weighted by Gasteiger charge is 2.21. The molecule has 2 heterocycles. The number of Topliss-reactive ketones (excluding diaryl/α,β-unsaturated/α-hetero) is 1. The number of ketones is 1. The predicted octanol–water partition coefficient (Wildman–Crippen LogP) is 2.99. The maximum Gasteiger partial charge on any atom is 0.325 e. The van der Waals surface area contributed by atoms with Crippen molar-refractivity contribution in [2.45, 2.75) is 33.2 Å². The molecular weight excluding hydrogens is 386 g/mol. The van der Waals surface area contributed by atoms with E-state index in [0.29, 0.717) is 40.0 Å². The van der Waals surface area contributed by atoms with Crippen LogP contribution < -0.4 is 5.32 Å². The number of hydrogen-bond donors (Lipinski definition) is 2. The van der Waals surface area contributed by atoms with Crippen LogP contribution in [0.5, 0.6) is 0 Å². The third-order valence-electron chi connectivity index (χ3n) is 4.43. The fourth-order valence-corrected chi connectivity index (χ4v) is 3.07. The van der Waals surface area contributed by atoms with Crippen molar-refractivity contribution in [3.63, 3.8) is 0 Å². The number of amides is 1. The van der Waals surface area contributed by atoms with E-state index in [9.17, 15) is 19.5 Å². The fraction of sp³-hybridized carbons (Fsp3) is 0.238. The molecule has 0 saturated carbocycles. The number of carbonyl (C=O) groups excluding carboxylic acids is 2. The van der Waals surface area contributed by atoms with Gasteiger partial charge in [-0.3, -0.25) is 19.1 Å². The number of benzene rings is 1. The number of carboxylic acids is 1. The number of allylic oxidation sites excluding steroid dienone is 1. The Morgan fingerprint density at radius 3 is 2.50 bits per heavy atom. The number of fused-ring (bicyclic) bond motifs is 1. The normalized spacial score (nSPS) is 10.7. The van der Waals surface area contributed by atoms with Crippen LogP contribution in [0.3, 0.4) is 0 Å². The molecule has 0 bridgehead atoms.